The van der Waals surface area contributed by atoms with E-state index in [0.717, 1.165) is 29.0 Å². The summed E-state index contributed by atoms with van der Waals surface area (Å²) in [5.74, 6) is 0.522. The lowest BCUT2D eigenvalue weighted by atomic mass is 9.89. The highest BCUT2D eigenvalue weighted by atomic mass is 79.9. The van der Waals surface area contributed by atoms with E-state index >= 15 is 0 Å². The van der Waals surface area contributed by atoms with Crippen LogP contribution in [0.4, 0.5) is 5.82 Å². The number of rotatable bonds is 2. The fourth-order valence-electron chi connectivity index (χ4n) is 2.44. The largest absolute Gasteiger partial charge is 0.369 e. The van der Waals surface area contributed by atoms with Gasteiger partial charge in [-0.05, 0) is 29.3 Å². The Hall–Kier alpha value is -1.63. The van der Waals surface area contributed by atoms with Crippen molar-refractivity contribution < 1.29 is 4.79 Å². The van der Waals surface area contributed by atoms with E-state index in [4.69, 9.17) is 5.73 Å². The third kappa shape index (κ3) is 1.98. The molecule has 1 fully saturated rings. The van der Waals surface area contributed by atoms with Gasteiger partial charge in [0.2, 0.25) is 5.91 Å². The molecule has 1 atom stereocenters. The van der Waals surface area contributed by atoms with Crippen LogP contribution in [0.5, 0.6) is 0 Å². The Morgan fingerprint density at radius 3 is 3.05 bits per heavy atom. The molecule has 7 heteroatoms. The van der Waals surface area contributed by atoms with Crippen molar-refractivity contribution in [2.24, 2.45) is 11.1 Å². The molecule has 1 saturated heterocycles. The maximum atomic E-state index is 11.5. The minimum atomic E-state index is -0.492. The quantitative estimate of drug-likeness (QED) is 0.900. The van der Waals surface area contributed by atoms with Crippen LogP contribution in [0.25, 0.3) is 5.65 Å². The van der Waals surface area contributed by atoms with Crippen LogP contribution in [0.3, 0.4) is 0 Å². The fourth-order valence-corrected chi connectivity index (χ4v) is 2.83. The summed E-state index contributed by atoms with van der Waals surface area (Å²) in [5.41, 5.74) is 5.78. The molecule has 0 saturated carbocycles. The lowest BCUT2D eigenvalue weighted by Gasteiger charge is -2.22. The maximum absolute atomic E-state index is 11.5. The minimum Gasteiger partial charge on any atom is -0.369 e. The molecule has 1 amide bonds. The van der Waals surface area contributed by atoms with Crippen LogP contribution in [0.2, 0.25) is 0 Å². The van der Waals surface area contributed by atoms with Crippen molar-refractivity contribution in [2.75, 3.05) is 18.0 Å². The van der Waals surface area contributed by atoms with Crippen LogP contribution in [-0.2, 0) is 4.79 Å². The monoisotopic (exact) mass is 323 g/mol. The van der Waals surface area contributed by atoms with Gasteiger partial charge in [-0.3, -0.25) is 4.79 Å². The topological polar surface area (TPSA) is 76.5 Å². The lowest BCUT2D eigenvalue weighted by molar-refractivity contribution is -0.125. The van der Waals surface area contributed by atoms with Crippen LogP contribution in [0.1, 0.15) is 13.3 Å². The molecule has 0 aromatic carbocycles. The Kier molecular flexibility index (Phi) is 2.74. The van der Waals surface area contributed by atoms with Gasteiger partial charge in [0.1, 0.15) is 4.60 Å². The number of carbonyl (C=O) groups is 1. The first kappa shape index (κ1) is 12.4. The summed E-state index contributed by atoms with van der Waals surface area (Å²) in [6, 6.07) is 0. The summed E-state index contributed by atoms with van der Waals surface area (Å²) < 4.78 is 2.65. The summed E-state index contributed by atoms with van der Waals surface area (Å²) >= 11 is 3.39. The number of aromatic nitrogens is 3. The number of nitrogens with zero attached hydrogens (tertiary/aromatic N) is 4. The molecule has 3 heterocycles. The molecule has 100 valence electrons. The van der Waals surface area contributed by atoms with Crippen LogP contribution in [0, 0.1) is 5.41 Å². The average molecular weight is 324 g/mol. The van der Waals surface area contributed by atoms with E-state index in [1.54, 1.807) is 6.20 Å². The molecular weight excluding hydrogens is 310 g/mol. The van der Waals surface area contributed by atoms with Crippen LogP contribution in [-0.4, -0.2) is 33.4 Å². The van der Waals surface area contributed by atoms with Crippen LogP contribution >= 0.6 is 15.9 Å². The van der Waals surface area contributed by atoms with E-state index in [0.29, 0.717) is 6.54 Å². The second-order valence-electron chi connectivity index (χ2n) is 5.14. The van der Waals surface area contributed by atoms with Gasteiger partial charge in [-0.25, -0.2) is 9.97 Å². The Balaban J connectivity index is 2.02. The Labute approximate surface area is 118 Å². The number of nitrogens with two attached hydrogens (primary N) is 1. The number of primary amides is 1. The van der Waals surface area contributed by atoms with Crippen molar-refractivity contribution in [3.63, 3.8) is 0 Å². The first-order valence-electron chi connectivity index (χ1n) is 6.04. The van der Waals surface area contributed by atoms with Gasteiger partial charge in [-0.1, -0.05) is 0 Å². The van der Waals surface area contributed by atoms with Crippen molar-refractivity contribution in [2.45, 2.75) is 13.3 Å². The van der Waals surface area contributed by atoms with Crippen molar-refractivity contribution in [1.82, 2.24) is 14.4 Å². The minimum absolute atomic E-state index is 0.260. The summed E-state index contributed by atoms with van der Waals surface area (Å²) in [7, 11) is 0. The molecule has 3 rings (SSSR count). The molecule has 2 N–H and O–H groups in total. The smallest absolute Gasteiger partial charge is 0.225 e. The van der Waals surface area contributed by atoms with Gasteiger partial charge < -0.3 is 15.0 Å². The van der Waals surface area contributed by atoms with Gasteiger partial charge in [-0.15, -0.1) is 0 Å². The van der Waals surface area contributed by atoms with E-state index in [-0.39, 0.29) is 5.91 Å². The molecule has 2 aromatic rings. The first-order chi connectivity index (χ1) is 8.99. The van der Waals surface area contributed by atoms with Crippen LogP contribution < -0.4 is 10.6 Å². The van der Waals surface area contributed by atoms with Gasteiger partial charge in [0, 0.05) is 31.7 Å². The van der Waals surface area contributed by atoms with Crippen LogP contribution in [0.15, 0.2) is 23.2 Å². The SMILES string of the molecule is CC1(C(N)=O)CCN(c2nc(Br)cn3ccnc23)C1. The highest BCUT2D eigenvalue weighted by molar-refractivity contribution is 9.10. The first-order valence-corrected chi connectivity index (χ1v) is 6.83. The molecule has 0 aliphatic carbocycles. The number of halogens is 1. The maximum Gasteiger partial charge on any atom is 0.225 e. The molecule has 2 aromatic heterocycles. The van der Waals surface area contributed by atoms with Gasteiger partial charge in [-0.2, -0.15) is 0 Å². The molecule has 19 heavy (non-hydrogen) atoms. The standard InChI is InChI=1S/C12H14BrN5O/c1-12(11(14)19)2-4-18(7-12)10-9-15-3-5-17(9)6-8(13)16-10/h3,5-6H,2,4,7H2,1H3,(H2,14,19). The highest BCUT2D eigenvalue weighted by Gasteiger charge is 2.40. The lowest BCUT2D eigenvalue weighted by Crippen LogP contribution is -2.37. The summed E-state index contributed by atoms with van der Waals surface area (Å²) in [6.07, 6.45) is 6.20. The predicted molar refractivity (Wildman–Crippen MR) is 74.8 cm³/mol. The highest BCUT2D eigenvalue weighted by Crippen LogP contribution is 2.33. The second kappa shape index (κ2) is 4.19. The third-order valence-electron chi connectivity index (χ3n) is 3.69. The zero-order valence-corrected chi connectivity index (χ0v) is 12.1. The Morgan fingerprint density at radius 1 is 1.58 bits per heavy atom. The van der Waals surface area contributed by atoms with Gasteiger partial charge >= 0.3 is 0 Å². The molecule has 1 aliphatic rings. The van der Waals surface area contributed by atoms with Crippen molar-refractivity contribution >= 4 is 33.3 Å². The molecule has 6 nitrogen and oxygen atoms in total. The van der Waals surface area contributed by atoms with Crippen molar-refractivity contribution in [1.29, 1.82) is 0 Å². The fraction of sp³-hybridized carbons (Fsp3) is 0.417. The molecule has 0 radical (unpaired) electrons. The number of amides is 1. The molecular formula is C12H14BrN5O. The number of anilines is 1. The van der Waals surface area contributed by atoms with E-state index in [1.165, 1.54) is 0 Å². The second-order valence-corrected chi connectivity index (χ2v) is 5.95. The number of hydrogen-bond donors (Lipinski definition) is 1. The Bertz CT molecular complexity index is 655. The molecule has 0 bridgehead atoms. The van der Waals surface area contributed by atoms with E-state index < -0.39 is 5.41 Å². The van der Waals surface area contributed by atoms with E-state index in [9.17, 15) is 4.79 Å². The van der Waals surface area contributed by atoms with E-state index in [2.05, 4.69) is 30.8 Å². The predicted octanol–water partition coefficient (Wildman–Crippen LogP) is 1.19. The number of imidazole rings is 1. The van der Waals surface area contributed by atoms with Gasteiger partial charge in [0.25, 0.3) is 0 Å². The van der Waals surface area contributed by atoms with Crippen molar-refractivity contribution in [3.8, 4) is 0 Å². The average Bonchev–Trinajstić information content (AvgIpc) is 2.95. The third-order valence-corrected chi connectivity index (χ3v) is 4.08. The zero-order chi connectivity index (χ0) is 13.6. The zero-order valence-electron chi connectivity index (χ0n) is 10.5. The summed E-state index contributed by atoms with van der Waals surface area (Å²) in [6.45, 7) is 3.23. The normalized spacial score (nSPS) is 23.2. The Morgan fingerprint density at radius 2 is 2.37 bits per heavy atom. The molecule has 1 aliphatic heterocycles. The van der Waals surface area contributed by atoms with Crippen molar-refractivity contribution in [3.05, 3.63) is 23.2 Å². The molecule has 1 unspecified atom stereocenters. The summed E-state index contributed by atoms with van der Waals surface area (Å²) in [5, 5.41) is 0. The molecule has 0 spiro atoms. The van der Waals surface area contributed by atoms with Gasteiger partial charge in [0.15, 0.2) is 11.5 Å². The number of fused-ring (bicyclic) bond motifs is 1. The van der Waals surface area contributed by atoms with Gasteiger partial charge in [0.05, 0.1) is 5.41 Å². The number of carbonyl (C=O) groups excluding carboxylic acids is 1. The summed E-state index contributed by atoms with van der Waals surface area (Å²) in [4.78, 5) is 22.4. The van der Waals surface area contributed by atoms with E-state index in [1.807, 2.05) is 23.7 Å². The number of hydrogen-bond acceptors (Lipinski definition) is 4.